The number of benzene rings is 1. The number of aromatic hydroxyl groups is 2. The lowest BCUT2D eigenvalue weighted by Crippen LogP contribution is -2.13. The highest BCUT2D eigenvalue weighted by Gasteiger charge is 2.17. The first-order valence-electron chi connectivity index (χ1n) is 4.67. The number of phenolic OH excluding ortho intramolecular Hbond substituents is 2. The second-order valence-corrected chi connectivity index (χ2v) is 3.77. The Bertz CT molecular complexity index is 410. The molecule has 2 N–H and O–H groups in total. The van der Waals surface area contributed by atoms with Crippen LogP contribution in [0.3, 0.4) is 0 Å². The molecule has 3 heteroatoms. The number of phenols is 2. The SMILES string of the molecule is Cc1c(O)c(O)cc2c1CC(C)N=C2. The third-order valence-electron chi connectivity index (χ3n) is 2.66. The first-order valence-corrected chi connectivity index (χ1v) is 4.67. The van der Waals surface area contributed by atoms with Crippen LogP contribution in [-0.2, 0) is 6.42 Å². The summed E-state index contributed by atoms with van der Waals surface area (Å²) in [4.78, 5) is 4.27. The Morgan fingerprint density at radius 1 is 1.43 bits per heavy atom. The quantitative estimate of drug-likeness (QED) is 0.614. The monoisotopic (exact) mass is 191 g/mol. The molecule has 1 unspecified atom stereocenters. The summed E-state index contributed by atoms with van der Waals surface area (Å²) in [5.41, 5.74) is 2.76. The highest BCUT2D eigenvalue weighted by molar-refractivity contribution is 5.85. The van der Waals surface area contributed by atoms with Crippen molar-refractivity contribution in [2.24, 2.45) is 4.99 Å². The Morgan fingerprint density at radius 2 is 2.14 bits per heavy atom. The summed E-state index contributed by atoms with van der Waals surface area (Å²) in [7, 11) is 0. The van der Waals surface area contributed by atoms with Gasteiger partial charge in [0.15, 0.2) is 11.5 Å². The molecule has 1 aliphatic heterocycles. The maximum atomic E-state index is 9.55. The topological polar surface area (TPSA) is 52.8 Å². The average Bonchev–Trinajstić information content (AvgIpc) is 2.16. The highest BCUT2D eigenvalue weighted by atomic mass is 16.3. The van der Waals surface area contributed by atoms with Crippen molar-refractivity contribution in [1.82, 2.24) is 0 Å². The Labute approximate surface area is 82.7 Å². The molecule has 0 radical (unpaired) electrons. The fraction of sp³-hybridized carbons (Fsp3) is 0.364. The second kappa shape index (κ2) is 3.01. The van der Waals surface area contributed by atoms with Crippen molar-refractivity contribution < 1.29 is 10.2 Å². The molecule has 74 valence electrons. The van der Waals surface area contributed by atoms with E-state index in [9.17, 15) is 10.2 Å². The van der Waals surface area contributed by atoms with Gasteiger partial charge in [-0.15, -0.1) is 0 Å². The summed E-state index contributed by atoms with van der Waals surface area (Å²) in [5, 5.41) is 19.0. The number of nitrogens with zero attached hydrogens (tertiary/aromatic N) is 1. The van der Waals surface area contributed by atoms with Gasteiger partial charge in [0.05, 0.1) is 6.04 Å². The Balaban J connectivity index is 2.63. The molecule has 1 aromatic carbocycles. The molecule has 0 aliphatic carbocycles. The van der Waals surface area contributed by atoms with Gasteiger partial charge in [-0.1, -0.05) is 0 Å². The number of aliphatic imine (C=N–C) groups is 1. The first-order chi connectivity index (χ1) is 6.59. The van der Waals surface area contributed by atoms with Crippen molar-refractivity contribution >= 4 is 6.21 Å². The van der Waals surface area contributed by atoms with Crippen molar-refractivity contribution in [3.8, 4) is 11.5 Å². The molecule has 1 atom stereocenters. The third-order valence-corrected chi connectivity index (χ3v) is 2.66. The van der Waals surface area contributed by atoms with Crippen LogP contribution in [0.15, 0.2) is 11.1 Å². The molecule has 14 heavy (non-hydrogen) atoms. The molecule has 0 spiro atoms. The van der Waals surface area contributed by atoms with Crippen molar-refractivity contribution in [2.75, 3.05) is 0 Å². The van der Waals surface area contributed by atoms with E-state index in [1.165, 1.54) is 0 Å². The van der Waals surface area contributed by atoms with Crippen LogP contribution in [-0.4, -0.2) is 22.5 Å². The molecule has 0 saturated heterocycles. The first kappa shape index (κ1) is 9.06. The molecule has 0 fully saturated rings. The van der Waals surface area contributed by atoms with E-state index in [1.54, 1.807) is 12.3 Å². The summed E-state index contributed by atoms with van der Waals surface area (Å²) >= 11 is 0. The zero-order valence-corrected chi connectivity index (χ0v) is 8.28. The molecule has 2 rings (SSSR count). The van der Waals surface area contributed by atoms with E-state index in [0.717, 1.165) is 23.1 Å². The van der Waals surface area contributed by atoms with Gasteiger partial charge in [0.25, 0.3) is 0 Å². The zero-order chi connectivity index (χ0) is 10.3. The van der Waals surface area contributed by atoms with Crippen LogP contribution in [0.2, 0.25) is 0 Å². The molecule has 0 amide bonds. The van der Waals surface area contributed by atoms with Crippen LogP contribution in [0.25, 0.3) is 0 Å². The lowest BCUT2D eigenvalue weighted by molar-refractivity contribution is 0.400. The van der Waals surface area contributed by atoms with Gasteiger partial charge in [0.1, 0.15) is 0 Å². The van der Waals surface area contributed by atoms with Crippen LogP contribution in [0, 0.1) is 6.92 Å². The Hall–Kier alpha value is -1.51. The highest BCUT2D eigenvalue weighted by Crippen LogP contribution is 2.34. The number of fused-ring (bicyclic) bond motifs is 1. The molecule has 1 heterocycles. The largest absolute Gasteiger partial charge is 0.504 e. The molecule has 3 nitrogen and oxygen atoms in total. The molecule has 1 aliphatic rings. The van der Waals surface area contributed by atoms with Gasteiger partial charge in [-0.2, -0.15) is 0 Å². The van der Waals surface area contributed by atoms with E-state index in [-0.39, 0.29) is 17.5 Å². The van der Waals surface area contributed by atoms with Crippen molar-refractivity contribution in [2.45, 2.75) is 26.3 Å². The fourth-order valence-electron chi connectivity index (χ4n) is 1.80. The fourth-order valence-corrected chi connectivity index (χ4v) is 1.80. The van der Waals surface area contributed by atoms with Crippen molar-refractivity contribution in [3.63, 3.8) is 0 Å². The van der Waals surface area contributed by atoms with Gasteiger partial charge in [0.2, 0.25) is 0 Å². The molecule has 0 saturated carbocycles. The van der Waals surface area contributed by atoms with Gasteiger partial charge < -0.3 is 10.2 Å². The Kier molecular flexibility index (Phi) is 1.95. The average molecular weight is 191 g/mol. The van der Waals surface area contributed by atoms with E-state index in [0.29, 0.717) is 0 Å². The Morgan fingerprint density at radius 3 is 2.86 bits per heavy atom. The number of rotatable bonds is 0. The van der Waals surface area contributed by atoms with E-state index < -0.39 is 0 Å². The number of hydrogen-bond acceptors (Lipinski definition) is 3. The molecule has 1 aromatic rings. The summed E-state index contributed by atoms with van der Waals surface area (Å²) in [6.45, 7) is 3.85. The lowest BCUT2D eigenvalue weighted by Gasteiger charge is -2.18. The minimum Gasteiger partial charge on any atom is -0.504 e. The smallest absolute Gasteiger partial charge is 0.160 e. The molecule has 0 aromatic heterocycles. The summed E-state index contributed by atoms with van der Waals surface area (Å²) in [5.74, 6) is -0.0755. The van der Waals surface area contributed by atoms with E-state index in [2.05, 4.69) is 4.99 Å². The van der Waals surface area contributed by atoms with Gasteiger partial charge in [-0.05, 0) is 43.0 Å². The van der Waals surface area contributed by atoms with Crippen LogP contribution in [0.5, 0.6) is 11.5 Å². The molecule has 0 bridgehead atoms. The lowest BCUT2D eigenvalue weighted by atomic mass is 9.93. The van der Waals surface area contributed by atoms with Gasteiger partial charge in [0, 0.05) is 6.21 Å². The van der Waals surface area contributed by atoms with Crippen LogP contribution < -0.4 is 0 Å². The summed E-state index contributed by atoms with van der Waals surface area (Å²) < 4.78 is 0. The normalized spacial score (nSPS) is 19.4. The maximum Gasteiger partial charge on any atom is 0.160 e. The third kappa shape index (κ3) is 1.25. The second-order valence-electron chi connectivity index (χ2n) is 3.77. The standard InChI is InChI=1S/C11H13NO2/c1-6-3-9-7(2)11(14)10(13)4-8(9)5-12-6/h4-6,13-14H,3H2,1-2H3. The van der Waals surface area contributed by atoms with E-state index in [1.807, 2.05) is 13.8 Å². The van der Waals surface area contributed by atoms with Gasteiger partial charge in [-0.3, -0.25) is 4.99 Å². The zero-order valence-electron chi connectivity index (χ0n) is 8.28. The predicted molar refractivity (Wildman–Crippen MR) is 55.3 cm³/mol. The predicted octanol–water partition coefficient (Wildman–Crippen LogP) is 1.77. The van der Waals surface area contributed by atoms with Crippen LogP contribution >= 0.6 is 0 Å². The summed E-state index contributed by atoms with van der Waals surface area (Å²) in [6, 6.07) is 1.82. The number of hydrogen-bond donors (Lipinski definition) is 2. The van der Waals surface area contributed by atoms with Gasteiger partial charge >= 0.3 is 0 Å². The van der Waals surface area contributed by atoms with Crippen molar-refractivity contribution in [1.29, 1.82) is 0 Å². The van der Waals surface area contributed by atoms with E-state index >= 15 is 0 Å². The van der Waals surface area contributed by atoms with Gasteiger partial charge in [-0.25, -0.2) is 0 Å². The van der Waals surface area contributed by atoms with E-state index in [4.69, 9.17) is 0 Å². The summed E-state index contributed by atoms with van der Waals surface area (Å²) in [6.07, 6.45) is 2.58. The van der Waals surface area contributed by atoms with Crippen LogP contribution in [0.4, 0.5) is 0 Å². The minimum atomic E-state index is -0.0674. The molecular weight excluding hydrogens is 178 g/mol. The van der Waals surface area contributed by atoms with Crippen LogP contribution in [0.1, 0.15) is 23.6 Å². The van der Waals surface area contributed by atoms with Crippen molar-refractivity contribution in [3.05, 3.63) is 22.8 Å². The minimum absolute atomic E-state index is 0.00810. The maximum absolute atomic E-state index is 9.55. The molecular formula is C11H13NO2.